The maximum Gasteiger partial charge on any atom is 0.254 e. The van der Waals surface area contributed by atoms with Crippen molar-refractivity contribution < 1.29 is 19.2 Å². The number of hydrogen-bond acceptors (Lipinski definition) is 5. The molecule has 1 unspecified atom stereocenters. The fourth-order valence-corrected chi connectivity index (χ4v) is 4.12. The Morgan fingerprint density at radius 1 is 1.24 bits per heavy atom. The third-order valence-electron chi connectivity index (χ3n) is 6.13. The zero-order valence-corrected chi connectivity index (χ0v) is 19.6. The summed E-state index contributed by atoms with van der Waals surface area (Å²) in [6.45, 7) is 11.6. The Kier molecular flexibility index (Phi) is 7.61. The van der Waals surface area contributed by atoms with Crippen LogP contribution in [0, 0.1) is 5.41 Å². The van der Waals surface area contributed by atoms with Crippen molar-refractivity contribution in [1.82, 2.24) is 15.5 Å². The molecular weight excluding hydrogens is 432 g/mol. The SMILES string of the molecule is C=CC=N/C(=C\C=C)C(C)(C)C(=O)NCc1ccc2c(c1)CCN(C1CCC(=O)NC1=O)C2=O. The van der Waals surface area contributed by atoms with Crippen molar-refractivity contribution in [3.63, 3.8) is 0 Å². The number of carbonyl (C=O) groups excluding carboxylic acids is 4. The summed E-state index contributed by atoms with van der Waals surface area (Å²) in [5.41, 5.74) is 1.96. The van der Waals surface area contributed by atoms with Crippen molar-refractivity contribution in [2.75, 3.05) is 6.54 Å². The molecule has 2 N–H and O–H groups in total. The van der Waals surface area contributed by atoms with E-state index in [4.69, 9.17) is 0 Å². The van der Waals surface area contributed by atoms with E-state index in [1.165, 1.54) is 6.21 Å². The predicted molar refractivity (Wildman–Crippen MR) is 130 cm³/mol. The number of piperidine rings is 1. The summed E-state index contributed by atoms with van der Waals surface area (Å²) >= 11 is 0. The normalized spacial score (nSPS) is 19.0. The minimum atomic E-state index is -0.889. The molecule has 1 saturated heterocycles. The van der Waals surface area contributed by atoms with Crippen molar-refractivity contribution in [3.05, 3.63) is 72.0 Å². The first-order valence-corrected chi connectivity index (χ1v) is 11.2. The van der Waals surface area contributed by atoms with Gasteiger partial charge in [-0.1, -0.05) is 37.4 Å². The Morgan fingerprint density at radius 2 is 2.00 bits per heavy atom. The van der Waals surface area contributed by atoms with Crippen LogP contribution in [0.5, 0.6) is 0 Å². The molecule has 1 aromatic carbocycles. The fourth-order valence-electron chi connectivity index (χ4n) is 4.12. The lowest BCUT2D eigenvalue weighted by molar-refractivity contribution is -0.137. The van der Waals surface area contributed by atoms with Crippen LogP contribution in [0.25, 0.3) is 0 Å². The van der Waals surface area contributed by atoms with Crippen LogP contribution in [0.3, 0.4) is 0 Å². The maximum atomic E-state index is 13.0. The van der Waals surface area contributed by atoms with Crippen LogP contribution < -0.4 is 10.6 Å². The van der Waals surface area contributed by atoms with E-state index in [9.17, 15) is 19.2 Å². The van der Waals surface area contributed by atoms with Gasteiger partial charge in [-0.25, -0.2) is 0 Å². The quantitative estimate of drug-likeness (QED) is 0.351. The van der Waals surface area contributed by atoms with Crippen LogP contribution in [0.4, 0.5) is 0 Å². The van der Waals surface area contributed by atoms with Crippen LogP contribution in [-0.4, -0.2) is 47.3 Å². The minimum Gasteiger partial charge on any atom is -0.351 e. The molecule has 0 bridgehead atoms. The van der Waals surface area contributed by atoms with E-state index in [0.717, 1.165) is 11.1 Å². The van der Waals surface area contributed by atoms with Crippen molar-refractivity contribution in [3.8, 4) is 0 Å². The van der Waals surface area contributed by atoms with Crippen molar-refractivity contribution in [1.29, 1.82) is 0 Å². The number of amides is 4. The lowest BCUT2D eigenvalue weighted by atomic mass is 9.87. The van der Waals surface area contributed by atoms with Gasteiger partial charge in [0.15, 0.2) is 0 Å². The minimum absolute atomic E-state index is 0.195. The van der Waals surface area contributed by atoms with E-state index in [-0.39, 0.29) is 24.1 Å². The summed E-state index contributed by atoms with van der Waals surface area (Å²) < 4.78 is 0. The van der Waals surface area contributed by atoms with Crippen molar-refractivity contribution in [2.45, 2.75) is 45.7 Å². The Hall–Kier alpha value is -3.81. The highest BCUT2D eigenvalue weighted by Gasteiger charge is 2.37. The largest absolute Gasteiger partial charge is 0.351 e. The number of fused-ring (bicyclic) bond motifs is 1. The van der Waals surface area contributed by atoms with Gasteiger partial charge in [0.05, 0.1) is 11.1 Å². The monoisotopic (exact) mass is 462 g/mol. The summed E-state index contributed by atoms with van der Waals surface area (Å²) in [4.78, 5) is 55.4. The molecule has 0 aromatic heterocycles. The average Bonchev–Trinajstić information content (AvgIpc) is 2.80. The molecule has 8 heteroatoms. The van der Waals surface area contributed by atoms with E-state index in [2.05, 4.69) is 28.8 Å². The standard InChI is InChI=1S/C26H30N4O4/c1-5-7-21(27-13-6-2)26(3,4)25(34)28-16-17-8-9-19-18(15-17)12-14-30(24(19)33)20-10-11-22(31)29-23(20)32/h5-9,13,15,20H,1-2,10-12,14,16H2,3-4H3,(H,28,34)(H,29,31,32)/b21-7-,27-13?. The molecule has 34 heavy (non-hydrogen) atoms. The number of imide groups is 1. The molecule has 178 valence electrons. The maximum absolute atomic E-state index is 13.0. The van der Waals surface area contributed by atoms with E-state index in [0.29, 0.717) is 37.2 Å². The molecule has 4 amide bonds. The third kappa shape index (κ3) is 5.22. The molecule has 1 aromatic rings. The smallest absolute Gasteiger partial charge is 0.254 e. The number of allylic oxidation sites excluding steroid dienone is 3. The number of nitrogens with zero attached hydrogens (tertiary/aromatic N) is 2. The van der Waals surface area contributed by atoms with E-state index >= 15 is 0 Å². The van der Waals surface area contributed by atoms with Gasteiger partial charge in [-0.05, 0) is 50.0 Å². The Bertz CT molecular complexity index is 1100. The highest BCUT2D eigenvalue weighted by molar-refractivity contribution is 6.04. The first kappa shape index (κ1) is 24.8. The summed E-state index contributed by atoms with van der Waals surface area (Å²) in [5.74, 6) is -1.13. The molecule has 0 aliphatic carbocycles. The summed E-state index contributed by atoms with van der Waals surface area (Å²) in [6.07, 6.45) is 7.51. The molecular formula is C26H30N4O4. The molecule has 3 rings (SSSR count). The average molecular weight is 463 g/mol. The molecule has 2 aliphatic heterocycles. The number of carbonyl (C=O) groups is 4. The second-order valence-corrected chi connectivity index (χ2v) is 8.82. The summed E-state index contributed by atoms with van der Waals surface area (Å²) in [7, 11) is 0. The molecule has 8 nitrogen and oxygen atoms in total. The highest BCUT2D eigenvalue weighted by atomic mass is 16.2. The van der Waals surface area contributed by atoms with Gasteiger partial charge in [0.25, 0.3) is 5.91 Å². The number of aliphatic imine (C=N–C) groups is 1. The van der Waals surface area contributed by atoms with Crippen LogP contribution in [0.1, 0.15) is 48.2 Å². The first-order valence-electron chi connectivity index (χ1n) is 11.2. The number of hydrogen-bond donors (Lipinski definition) is 2. The molecule has 0 spiro atoms. The van der Waals surface area contributed by atoms with Gasteiger partial charge in [0, 0.05) is 31.3 Å². The van der Waals surface area contributed by atoms with Crippen LogP contribution in [0.2, 0.25) is 0 Å². The molecule has 2 heterocycles. The lowest BCUT2D eigenvalue weighted by Gasteiger charge is -2.36. The number of benzene rings is 1. The number of rotatable bonds is 8. The Balaban J connectivity index is 1.69. The zero-order chi connectivity index (χ0) is 24.9. The highest BCUT2D eigenvalue weighted by Crippen LogP contribution is 2.28. The lowest BCUT2D eigenvalue weighted by Crippen LogP contribution is -2.55. The first-order chi connectivity index (χ1) is 16.2. The van der Waals surface area contributed by atoms with E-state index in [1.807, 2.05) is 6.07 Å². The predicted octanol–water partition coefficient (Wildman–Crippen LogP) is 2.46. The van der Waals surface area contributed by atoms with Crippen LogP contribution in [0.15, 0.2) is 60.3 Å². The molecule has 1 fully saturated rings. The molecule has 0 saturated carbocycles. The molecule has 2 aliphatic rings. The third-order valence-corrected chi connectivity index (χ3v) is 6.13. The van der Waals surface area contributed by atoms with Gasteiger partial charge in [-0.2, -0.15) is 0 Å². The molecule has 1 atom stereocenters. The van der Waals surface area contributed by atoms with Gasteiger partial charge < -0.3 is 10.2 Å². The van der Waals surface area contributed by atoms with Gasteiger partial charge in [-0.15, -0.1) is 0 Å². The van der Waals surface area contributed by atoms with Crippen LogP contribution >= 0.6 is 0 Å². The topological polar surface area (TPSA) is 108 Å². The Morgan fingerprint density at radius 3 is 2.68 bits per heavy atom. The van der Waals surface area contributed by atoms with Gasteiger partial charge in [-0.3, -0.25) is 29.5 Å². The second kappa shape index (κ2) is 10.4. The van der Waals surface area contributed by atoms with Gasteiger partial charge >= 0.3 is 0 Å². The molecule has 0 radical (unpaired) electrons. The van der Waals surface area contributed by atoms with Crippen LogP contribution in [-0.2, 0) is 27.3 Å². The van der Waals surface area contributed by atoms with E-state index in [1.54, 1.807) is 49.1 Å². The second-order valence-electron chi connectivity index (χ2n) is 8.82. The fraction of sp³-hybridized carbons (Fsp3) is 0.346. The number of nitrogens with one attached hydrogen (secondary N) is 2. The van der Waals surface area contributed by atoms with Crippen molar-refractivity contribution in [2.24, 2.45) is 10.4 Å². The van der Waals surface area contributed by atoms with E-state index < -0.39 is 17.4 Å². The van der Waals surface area contributed by atoms with Crippen molar-refractivity contribution >= 4 is 29.8 Å². The summed E-state index contributed by atoms with van der Waals surface area (Å²) in [5, 5.41) is 5.26. The zero-order valence-electron chi connectivity index (χ0n) is 19.6. The summed E-state index contributed by atoms with van der Waals surface area (Å²) in [6, 6.07) is 4.83. The van der Waals surface area contributed by atoms with Gasteiger partial charge in [0.2, 0.25) is 17.7 Å². The van der Waals surface area contributed by atoms with Gasteiger partial charge in [0.1, 0.15) is 6.04 Å². The Labute approximate surface area is 199 Å².